The van der Waals surface area contributed by atoms with Crippen LogP contribution in [0.15, 0.2) is 0 Å². The molecule has 2 unspecified atom stereocenters. The predicted octanol–water partition coefficient (Wildman–Crippen LogP) is 0.531. The van der Waals surface area contributed by atoms with Crippen LogP contribution in [0.5, 0.6) is 0 Å². The zero-order valence-corrected chi connectivity index (χ0v) is 12.9. The fraction of sp³-hybridized carbons (Fsp3) is 1.00. The number of hydrogen-bond donors (Lipinski definition) is 2. The lowest BCUT2D eigenvalue weighted by atomic mass is 9.81. The Kier molecular flexibility index (Phi) is 5.22. The van der Waals surface area contributed by atoms with Gasteiger partial charge in [0.15, 0.2) is 0 Å². The number of nitrogens with zero attached hydrogens (tertiary/aromatic N) is 1. The second kappa shape index (κ2) is 6.52. The fourth-order valence-corrected chi connectivity index (χ4v) is 4.11. The third-order valence-corrected chi connectivity index (χ3v) is 5.22. The Hall–Kier alpha value is -0.170. The van der Waals surface area contributed by atoms with Crippen LogP contribution in [0.1, 0.15) is 38.5 Å². The molecule has 2 N–H and O–H groups in total. The van der Waals surface area contributed by atoms with Gasteiger partial charge in [-0.05, 0) is 45.7 Å². The molecule has 6 heteroatoms. The van der Waals surface area contributed by atoms with E-state index >= 15 is 0 Å². The van der Waals surface area contributed by atoms with Gasteiger partial charge < -0.3 is 5.32 Å². The highest BCUT2D eigenvalue weighted by molar-refractivity contribution is 7.88. The first-order valence-corrected chi connectivity index (χ1v) is 9.26. The van der Waals surface area contributed by atoms with E-state index in [1.165, 1.54) is 38.4 Å². The van der Waals surface area contributed by atoms with E-state index in [1.807, 2.05) is 0 Å². The van der Waals surface area contributed by atoms with E-state index in [0.29, 0.717) is 24.7 Å². The summed E-state index contributed by atoms with van der Waals surface area (Å²) in [6.45, 7) is 1.58. The maximum Gasteiger partial charge on any atom is 0.208 e. The van der Waals surface area contributed by atoms with Gasteiger partial charge in [-0.2, -0.15) is 0 Å². The van der Waals surface area contributed by atoms with Crippen molar-refractivity contribution < 1.29 is 8.42 Å². The minimum atomic E-state index is -3.04. The molecule has 2 saturated heterocycles. The van der Waals surface area contributed by atoms with E-state index in [-0.39, 0.29) is 0 Å². The van der Waals surface area contributed by atoms with Crippen LogP contribution in [0, 0.1) is 0 Å². The summed E-state index contributed by atoms with van der Waals surface area (Å²) in [6, 6.07) is 2.06. The van der Waals surface area contributed by atoms with Crippen LogP contribution in [-0.4, -0.2) is 57.8 Å². The summed E-state index contributed by atoms with van der Waals surface area (Å²) in [6.07, 6.45) is 8.57. The molecule has 0 saturated carbocycles. The number of sulfonamides is 1. The highest BCUT2D eigenvalue weighted by Gasteiger charge is 2.37. The SMILES string of the molecule is CNC1CC2CCCC(C1)N2CCCNS(C)(=O)=O. The molecule has 2 aliphatic heterocycles. The molecule has 0 radical (unpaired) electrons. The molecule has 2 aliphatic rings. The molecule has 19 heavy (non-hydrogen) atoms. The molecule has 2 fully saturated rings. The van der Waals surface area contributed by atoms with E-state index in [9.17, 15) is 8.42 Å². The third-order valence-electron chi connectivity index (χ3n) is 4.49. The number of rotatable bonds is 6. The summed E-state index contributed by atoms with van der Waals surface area (Å²) in [5, 5.41) is 3.42. The molecule has 0 aromatic carbocycles. The minimum Gasteiger partial charge on any atom is -0.317 e. The van der Waals surface area contributed by atoms with Gasteiger partial charge in [-0.15, -0.1) is 0 Å². The number of nitrogens with one attached hydrogen (secondary N) is 2. The van der Waals surface area contributed by atoms with Crippen LogP contribution in [0.3, 0.4) is 0 Å². The maximum atomic E-state index is 11.0. The van der Waals surface area contributed by atoms with E-state index in [4.69, 9.17) is 0 Å². The third kappa shape index (κ3) is 4.41. The predicted molar refractivity (Wildman–Crippen MR) is 77.7 cm³/mol. The molecule has 5 nitrogen and oxygen atoms in total. The molecular formula is C13H27N3O2S. The smallest absolute Gasteiger partial charge is 0.208 e. The Morgan fingerprint density at radius 1 is 1.21 bits per heavy atom. The molecule has 0 aliphatic carbocycles. The van der Waals surface area contributed by atoms with Crippen LogP contribution in [0.2, 0.25) is 0 Å². The number of piperidine rings is 2. The van der Waals surface area contributed by atoms with Gasteiger partial charge in [0.05, 0.1) is 6.26 Å². The first-order valence-electron chi connectivity index (χ1n) is 7.37. The molecule has 2 atom stereocenters. The standard InChI is InChI=1S/C13H27N3O2S/c1-14-11-9-12-5-3-6-13(10-11)16(12)8-4-7-15-19(2,17)18/h11-15H,3-10H2,1-2H3. The average Bonchev–Trinajstić information content (AvgIpc) is 2.32. The van der Waals surface area contributed by atoms with Crippen molar-refractivity contribution in [2.45, 2.75) is 56.7 Å². The van der Waals surface area contributed by atoms with Crippen molar-refractivity contribution in [1.29, 1.82) is 0 Å². The van der Waals surface area contributed by atoms with Gasteiger partial charge in [-0.3, -0.25) is 4.90 Å². The zero-order valence-electron chi connectivity index (χ0n) is 12.1. The maximum absolute atomic E-state index is 11.0. The fourth-order valence-electron chi connectivity index (χ4n) is 3.60. The lowest BCUT2D eigenvalue weighted by Crippen LogP contribution is -2.56. The van der Waals surface area contributed by atoms with Gasteiger partial charge in [0, 0.05) is 24.7 Å². The average molecular weight is 289 g/mol. The highest BCUT2D eigenvalue weighted by atomic mass is 32.2. The second-order valence-corrected chi connectivity index (χ2v) is 7.79. The minimum absolute atomic E-state index is 0.560. The van der Waals surface area contributed by atoms with Crippen molar-refractivity contribution in [3.05, 3.63) is 0 Å². The summed E-state index contributed by atoms with van der Waals surface area (Å²) in [5.41, 5.74) is 0. The van der Waals surface area contributed by atoms with Crippen LogP contribution in [-0.2, 0) is 10.0 Å². The lowest BCUT2D eigenvalue weighted by molar-refractivity contribution is 0.0255. The summed E-state index contributed by atoms with van der Waals surface area (Å²) in [7, 11) is -0.975. The quantitative estimate of drug-likeness (QED) is 0.700. The van der Waals surface area contributed by atoms with E-state index < -0.39 is 10.0 Å². The Morgan fingerprint density at radius 3 is 2.37 bits per heavy atom. The monoisotopic (exact) mass is 289 g/mol. The lowest BCUT2D eigenvalue weighted by Gasteiger charge is -2.49. The largest absolute Gasteiger partial charge is 0.317 e. The van der Waals surface area contributed by atoms with Crippen molar-refractivity contribution in [1.82, 2.24) is 14.9 Å². The molecule has 2 rings (SSSR count). The molecule has 0 spiro atoms. The van der Waals surface area contributed by atoms with Gasteiger partial charge in [0.2, 0.25) is 10.0 Å². The van der Waals surface area contributed by atoms with Crippen LogP contribution >= 0.6 is 0 Å². The van der Waals surface area contributed by atoms with Gasteiger partial charge in [-0.1, -0.05) is 6.42 Å². The highest BCUT2D eigenvalue weighted by Crippen LogP contribution is 2.33. The zero-order chi connectivity index (χ0) is 13.9. The van der Waals surface area contributed by atoms with E-state index in [2.05, 4.69) is 22.0 Å². The van der Waals surface area contributed by atoms with Crippen LogP contribution in [0.25, 0.3) is 0 Å². The van der Waals surface area contributed by atoms with Crippen molar-refractivity contribution in [2.24, 2.45) is 0 Å². The Morgan fingerprint density at radius 2 is 1.84 bits per heavy atom. The first-order chi connectivity index (χ1) is 8.99. The number of fused-ring (bicyclic) bond motifs is 2. The van der Waals surface area contributed by atoms with Crippen molar-refractivity contribution in [2.75, 3.05) is 26.4 Å². The van der Waals surface area contributed by atoms with E-state index in [0.717, 1.165) is 13.0 Å². The van der Waals surface area contributed by atoms with Crippen molar-refractivity contribution in [3.63, 3.8) is 0 Å². The van der Waals surface area contributed by atoms with E-state index in [1.54, 1.807) is 0 Å². The Balaban J connectivity index is 1.80. The van der Waals surface area contributed by atoms with Crippen LogP contribution in [0.4, 0.5) is 0 Å². The van der Waals surface area contributed by atoms with Crippen molar-refractivity contribution in [3.8, 4) is 0 Å². The summed E-state index contributed by atoms with van der Waals surface area (Å²) < 4.78 is 24.6. The summed E-state index contributed by atoms with van der Waals surface area (Å²) in [4.78, 5) is 2.63. The molecule has 112 valence electrons. The van der Waals surface area contributed by atoms with Gasteiger partial charge >= 0.3 is 0 Å². The molecule has 2 heterocycles. The normalized spacial score (nSPS) is 32.4. The summed E-state index contributed by atoms with van der Waals surface area (Å²) >= 11 is 0. The topological polar surface area (TPSA) is 61.4 Å². The number of hydrogen-bond acceptors (Lipinski definition) is 4. The molecule has 0 amide bonds. The molecule has 0 aromatic rings. The van der Waals surface area contributed by atoms with Crippen LogP contribution < -0.4 is 10.0 Å². The summed E-state index contributed by atoms with van der Waals surface area (Å²) in [5.74, 6) is 0. The Bertz CT molecular complexity index is 371. The second-order valence-electron chi connectivity index (χ2n) is 5.95. The van der Waals surface area contributed by atoms with Crippen molar-refractivity contribution >= 4 is 10.0 Å². The van der Waals surface area contributed by atoms with Gasteiger partial charge in [0.25, 0.3) is 0 Å². The molecular weight excluding hydrogens is 262 g/mol. The Labute approximate surface area is 117 Å². The first kappa shape index (κ1) is 15.2. The van der Waals surface area contributed by atoms with Gasteiger partial charge in [-0.25, -0.2) is 13.1 Å². The molecule has 2 bridgehead atoms. The molecule has 0 aromatic heterocycles. The van der Waals surface area contributed by atoms with Gasteiger partial charge in [0.1, 0.15) is 0 Å².